The minimum atomic E-state index is -0.467. The molecule has 0 aliphatic heterocycles. The third-order valence-electron chi connectivity index (χ3n) is 5.34. The van der Waals surface area contributed by atoms with E-state index >= 15 is 0 Å². The number of benzene rings is 1. The predicted octanol–water partition coefficient (Wildman–Crippen LogP) is 3.82. The summed E-state index contributed by atoms with van der Waals surface area (Å²) in [7, 11) is 0. The van der Waals surface area contributed by atoms with Gasteiger partial charge >= 0.3 is 0 Å². The van der Waals surface area contributed by atoms with Gasteiger partial charge in [0.1, 0.15) is 11.3 Å². The maximum atomic E-state index is 12.5. The molecular formula is C24H23FN8O3. The summed E-state index contributed by atoms with van der Waals surface area (Å²) in [5.74, 6) is 2.12. The fourth-order valence-electron chi connectivity index (χ4n) is 3.66. The lowest BCUT2D eigenvalue weighted by Gasteiger charge is -2.09. The lowest BCUT2D eigenvalue weighted by atomic mass is 10.1. The molecule has 0 aliphatic rings. The SMILES string of the molecule is Cc1nc(-c2ccc3ccnc(NCCC(=O)Nc4cc5c(OCCCF)nccn5n4)c3c2)no1. The monoisotopic (exact) mass is 490 g/mol. The summed E-state index contributed by atoms with van der Waals surface area (Å²) in [5, 5.41) is 16.2. The Morgan fingerprint density at radius 1 is 1.19 bits per heavy atom. The van der Waals surface area contributed by atoms with E-state index in [0.29, 0.717) is 41.3 Å². The summed E-state index contributed by atoms with van der Waals surface area (Å²) in [5.41, 5.74) is 1.39. The number of amides is 1. The van der Waals surface area contributed by atoms with Crippen LogP contribution in [0.15, 0.2) is 53.4 Å². The number of ether oxygens (including phenoxy) is 1. The van der Waals surface area contributed by atoms with E-state index in [9.17, 15) is 9.18 Å². The van der Waals surface area contributed by atoms with Crippen LogP contribution < -0.4 is 15.4 Å². The topological polar surface area (TPSA) is 132 Å². The Hall–Kier alpha value is -4.61. The summed E-state index contributed by atoms with van der Waals surface area (Å²) in [6, 6.07) is 9.39. The number of halogens is 1. The highest BCUT2D eigenvalue weighted by Gasteiger charge is 2.12. The van der Waals surface area contributed by atoms with E-state index in [2.05, 4.69) is 35.8 Å². The fourth-order valence-corrected chi connectivity index (χ4v) is 3.66. The van der Waals surface area contributed by atoms with E-state index in [0.717, 1.165) is 16.3 Å². The molecule has 4 aromatic heterocycles. The van der Waals surface area contributed by atoms with Crippen LogP contribution in [0, 0.1) is 6.92 Å². The van der Waals surface area contributed by atoms with Crippen LogP contribution >= 0.6 is 0 Å². The number of aryl methyl sites for hydroxylation is 1. The highest BCUT2D eigenvalue weighted by Crippen LogP contribution is 2.27. The molecule has 5 rings (SSSR count). The van der Waals surface area contributed by atoms with Crippen molar-refractivity contribution in [2.45, 2.75) is 19.8 Å². The van der Waals surface area contributed by atoms with Gasteiger partial charge in [0, 0.05) is 61.9 Å². The quantitative estimate of drug-likeness (QED) is 0.280. The maximum absolute atomic E-state index is 12.5. The summed E-state index contributed by atoms with van der Waals surface area (Å²) >= 11 is 0. The molecule has 0 radical (unpaired) electrons. The summed E-state index contributed by atoms with van der Waals surface area (Å²) < 4.78 is 24.5. The smallest absolute Gasteiger partial charge is 0.240 e. The van der Waals surface area contributed by atoms with Crippen LogP contribution in [-0.4, -0.2) is 55.5 Å². The number of aromatic nitrogens is 6. The first kappa shape index (κ1) is 23.1. The molecule has 0 atom stereocenters. The molecule has 5 aromatic rings. The third kappa shape index (κ3) is 5.06. The molecule has 4 heterocycles. The van der Waals surface area contributed by atoms with Crippen molar-refractivity contribution in [2.24, 2.45) is 0 Å². The van der Waals surface area contributed by atoms with Crippen LogP contribution in [0.3, 0.4) is 0 Å². The van der Waals surface area contributed by atoms with Gasteiger partial charge in [0.05, 0.1) is 13.3 Å². The molecule has 0 bridgehead atoms. The number of nitrogens with one attached hydrogen (secondary N) is 2. The molecule has 0 saturated carbocycles. The second-order valence-corrected chi connectivity index (χ2v) is 7.94. The van der Waals surface area contributed by atoms with Gasteiger partial charge in [0.15, 0.2) is 5.82 Å². The minimum Gasteiger partial charge on any atom is -0.476 e. The molecule has 0 aliphatic carbocycles. The van der Waals surface area contributed by atoms with Crippen molar-refractivity contribution in [3.63, 3.8) is 0 Å². The number of carbonyl (C=O) groups is 1. The van der Waals surface area contributed by atoms with Gasteiger partial charge in [-0.1, -0.05) is 17.3 Å². The van der Waals surface area contributed by atoms with E-state index in [1.165, 1.54) is 6.20 Å². The standard InChI is InChI=1S/C24H23FN8O3/c1-15-29-22(32-36-15)17-4-3-16-5-8-26-23(18(16)13-17)27-9-6-21(34)30-20-14-19-24(35-12-2-7-25)28-10-11-33(19)31-20/h3-5,8,10-11,13-14H,2,6-7,9,12H2,1H3,(H,26,27)(H,30,31,34). The number of hydrogen-bond donors (Lipinski definition) is 2. The molecule has 0 unspecified atom stereocenters. The Kier molecular flexibility index (Phi) is 6.65. The van der Waals surface area contributed by atoms with Gasteiger partial charge in [-0.15, -0.1) is 5.10 Å². The molecule has 1 amide bonds. The highest BCUT2D eigenvalue weighted by atomic mass is 19.1. The zero-order valence-electron chi connectivity index (χ0n) is 19.4. The Morgan fingerprint density at radius 2 is 2.11 bits per heavy atom. The van der Waals surface area contributed by atoms with Crippen molar-refractivity contribution in [3.05, 3.63) is 54.8 Å². The highest BCUT2D eigenvalue weighted by molar-refractivity contribution is 5.95. The van der Waals surface area contributed by atoms with Crippen LogP contribution in [0.5, 0.6) is 5.88 Å². The van der Waals surface area contributed by atoms with Crippen molar-refractivity contribution in [1.29, 1.82) is 0 Å². The van der Waals surface area contributed by atoms with Gasteiger partial charge in [-0.3, -0.25) is 9.18 Å². The van der Waals surface area contributed by atoms with E-state index in [4.69, 9.17) is 9.26 Å². The number of alkyl halides is 1. The van der Waals surface area contributed by atoms with Crippen molar-refractivity contribution in [2.75, 3.05) is 30.5 Å². The molecule has 36 heavy (non-hydrogen) atoms. The van der Waals surface area contributed by atoms with Gasteiger partial charge in [-0.2, -0.15) is 4.98 Å². The Labute approximate surface area is 204 Å². The Morgan fingerprint density at radius 3 is 2.94 bits per heavy atom. The first-order chi connectivity index (χ1) is 17.6. The van der Waals surface area contributed by atoms with Gasteiger partial charge in [-0.25, -0.2) is 14.5 Å². The average Bonchev–Trinajstić information content (AvgIpc) is 3.50. The second-order valence-electron chi connectivity index (χ2n) is 7.94. The molecule has 0 saturated heterocycles. The van der Waals surface area contributed by atoms with Crippen molar-refractivity contribution in [1.82, 2.24) is 29.7 Å². The van der Waals surface area contributed by atoms with E-state index in [1.54, 1.807) is 29.9 Å². The average molecular weight is 490 g/mol. The lowest BCUT2D eigenvalue weighted by Crippen LogP contribution is -2.17. The predicted molar refractivity (Wildman–Crippen MR) is 131 cm³/mol. The van der Waals surface area contributed by atoms with Gasteiger partial charge in [0.2, 0.25) is 23.5 Å². The van der Waals surface area contributed by atoms with Crippen molar-refractivity contribution < 1.29 is 18.4 Å². The summed E-state index contributed by atoms with van der Waals surface area (Å²) in [6.07, 6.45) is 5.35. The number of pyridine rings is 1. The molecular weight excluding hydrogens is 467 g/mol. The van der Waals surface area contributed by atoms with Gasteiger partial charge < -0.3 is 19.9 Å². The molecule has 1 aromatic carbocycles. The van der Waals surface area contributed by atoms with Crippen LogP contribution in [0.2, 0.25) is 0 Å². The first-order valence-electron chi connectivity index (χ1n) is 11.4. The normalized spacial score (nSPS) is 11.2. The zero-order chi connectivity index (χ0) is 24.9. The van der Waals surface area contributed by atoms with Crippen molar-refractivity contribution >= 4 is 33.8 Å². The van der Waals surface area contributed by atoms with E-state index in [1.807, 2.05) is 24.3 Å². The van der Waals surface area contributed by atoms with E-state index in [-0.39, 0.29) is 25.4 Å². The lowest BCUT2D eigenvalue weighted by molar-refractivity contribution is -0.116. The number of anilines is 2. The van der Waals surface area contributed by atoms with Crippen LogP contribution in [0.1, 0.15) is 18.7 Å². The third-order valence-corrected chi connectivity index (χ3v) is 5.34. The maximum Gasteiger partial charge on any atom is 0.240 e. The molecule has 0 spiro atoms. The molecule has 184 valence electrons. The fraction of sp³-hybridized carbons (Fsp3) is 0.250. The number of rotatable bonds is 10. The molecule has 2 N–H and O–H groups in total. The minimum absolute atomic E-state index is 0.188. The molecule has 0 fully saturated rings. The van der Waals surface area contributed by atoms with Crippen molar-refractivity contribution in [3.8, 4) is 17.3 Å². The Balaban J connectivity index is 1.23. The van der Waals surface area contributed by atoms with Gasteiger partial charge in [-0.05, 0) is 17.5 Å². The van der Waals surface area contributed by atoms with Crippen LogP contribution in [0.4, 0.5) is 16.0 Å². The summed E-state index contributed by atoms with van der Waals surface area (Å²) in [4.78, 5) is 25.4. The molecule has 11 nitrogen and oxygen atoms in total. The van der Waals surface area contributed by atoms with E-state index < -0.39 is 6.67 Å². The second kappa shape index (κ2) is 10.3. The largest absolute Gasteiger partial charge is 0.476 e. The number of nitrogens with zero attached hydrogens (tertiary/aromatic N) is 6. The first-order valence-corrected chi connectivity index (χ1v) is 11.4. The number of hydrogen-bond acceptors (Lipinski definition) is 9. The molecule has 12 heteroatoms. The number of fused-ring (bicyclic) bond motifs is 2. The zero-order valence-corrected chi connectivity index (χ0v) is 19.4. The van der Waals surface area contributed by atoms with Gasteiger partial charge in [0.25, 0.3) is 0 Å². The summed E-state index contributed by atoms with van der Waals surface area (Å²) in [6.45, 7) is 1.84. The van der Waals surface area contributed by atoms with Crippen LogP contribution in [0.25, 0.3) is 27.7 Å². The Bertz CT molecular complexity index is 1520. The van der Waals surface area contributed by atoms with Crippen LogP contribution in [-0.2, 0) is 4.79 Å². The number of carbonyl (C=O) groups excluding carboxylic acids is 1.